The molecule has 2 aromatic rings. The number of amides is 1. The number of nitrogens with zero attached hydrogens (tertiary/aromatic N) is 2. The first kappa shape index (κ1) is 17.9. The summed E-state index contributed by atoms with van der Waals surface area (Å²) in [7, 11) is 0. The largest absolute Gasteiger partial charge is 0.493 e. The van der Waals surface area contributed by atoms with Crippen molar-refractivity contribution in [3.8, 4) is 11.8 Å². The SMILES string of the molecule is N#Cc1cccc(C(=O)N2CCC(CCOc3cccc(F)c3)CC2)c1. The minimum Gasteiger partial charge on any atom is -0.493 e. The Morgan fingerprint density at radius 2 is 1.96 bits per heavy atom. The van der Waals surface area contributed by atoms with E-state index in [2.05, 4.69) is 6.07 Å². The fourth-order valence-corrected chi connectivity index (χ4v) is 3.23. The van der Waals surface area contributed by atoms with Crippen LogP contribution >= 0.6 is 0 Å². The van der Waals surface area contributed by atoms with Gasteiger partial charge >= 0.3 is 0 Å². The zero-order valence-corrected chi connectivity index (χ0v) is 14.5. The fourth-order valence-electron chi connectivity index (χ4n) is 3.23. The van der Waals surface area contributed by atoms with Crippen molar-refractivity contribution < 1.29 is 13.9 Å². The second-order valence-electron chi connectivity index (χ2n) is 6.52. The summed E-state index contributed by atoms with van der Waals surface area (Å²) < 4.78 is 18.7. The van der Waals surface area contributed by atoms with E-state index in [-0.39, 0.29) is 11.7 Å². The molecule has 5 heteroatoms. The monoisotopic (exact) mass is 352 g/mol. The molecule has 0 saturated carbocycles. The highest BCUT2D eigenvalue weighted by Crippen LogP contribution is 2.23. The molecule has 1 saturated heterocycles. The number of hydrogen-bond donors (Lipinski definition) is 0. The molecular formula is C21H21FN2O2. The summed E-state index contributed by atoms with van der Waals surface area (Å²) in [6.07, 6.45) is 2.74. The number of nitriles is 1. The molecule has 1 fully saturated rings. The van der Waals surface area contributed by atoms with Gasteiger partial charge in [-0.05, 0) is 55.5 Å². The lowest BCUT2D eigenvalue weighted by Crippen LogP contribution is -2.38. The van der Waals surface area contributed by atoms with Gasteiger partial charge in [-0.3, -0.25) is 4.79 Å². The van der Waals surface area contributed by atoms with Gasteiger partial charge in [0.15, 0.2) is 0 Å². The van der Waals surface area contributed by atoms with Crippen LogP contribution in [-0.4, -0.2) is 30.5 Å². The van der Waals surface area contributed by atoms with Crippen molar-refractivity contribution in [1.29, 1.82) is 5.26 Å². The lowest BCUT2D eigenvalue weighted by atomic mass is 9.93. The second kappa shape index (κ2) is 8.48. The van der Waals surface area contributed by atoms with Gasteiger partial charge in [-0.1, -0.05) is 12.1 Å². The molecule has 4 nitrogen and oxygen atoms in total. The second-order valence-corrected chi connectivity index (χ2v) is 6.52. The Hall–Kier alpha value is -2.87. The Balaban J connectivity index is 1.45. The fraction of sp³-hybridized carbons (Fsp3) is 0.333. The minimum absolute atomic E-state index is 0.0171. The van der Waals surface area contributed by atoms with E-state index in [1.54, 1.807) is 36.4 Å². The molecule has 0 aliphatic carbocycles. The van der Waals surface area contributed by atoms with Crippen molar-refractivity contribution in [3.63, 3.8) is 0 Å². The molecule has 0 bridgehead atoms. The maximum Gasteiger partial charge on any atom is 0.253 e. The average molecular weight is 352 g/mol. The van der Waals surface area contributed by atoms with Crippen molar-refractivity contribution in [1.82, 2.24) is 4.90 Å². The van der Waals surface area contributed by atoms with Crippen LogP contribution in [0.15, 0.2) is 48.5 Å². The van der Waals surface area contributed by atoms with E-state index in [0.717, 1.165) is 19.3 Å². The third-order valence-corrected chi connectivity index (χ3v) is 4.73. The smallest absolute Gasteiger partial charge is 0.253 e. The third kappa shape index (κ3) is 4.60. The van der Waals surface area contributed by atoms with Gasteiger partial charge in [0.1, 0.15) is 11.6 Å². The van der Waals surface area contributed by atoms with Crippen molar-refractivity contribution in [2.45, 2.75) is 19.3 Å². The maximum absolute atomic E-state index is 13.1. The van der Waals surface area contributed by atoms with Crippen LogP contribution in [0.1, 0.15) is 35.2 Å². The van der Waals surface area contributed by atoms with Crippen molar-refractivity contribution in [2.75, 3.05) is 19.7 Å². The standard InChI is InChI=1S/C21H21FN2O2/c22-19-5-2-6-20(14-19)26-12-9-16-7-10-24(11-8-16)21(25)18-4-1-3-17(13-18)15-23/h1-6,13-14,16H,7-12H2. The molecule has 3 rings (SSSR count). The molecule has 1 aliphatic heterocycles. The van der Waals surface area contributed by atoms with Gasteiger partial charge in [0.05, 0.1) is 18.2 Å². The van der Waals surface area contributed by atoms with Gasteiger partial charge < -0.3 is 9.64 Å². The third-order valence-electron chi connectivity index (χ3n) is 4.73. The first-order chi connectivity index (χ1) is 12.7. The Bertz CT molecular complexity index is 808. The van der Waals surface area contributed by atoms with Crippen LogP contribution in [-0.2, 0) is 0 Å². The molecule has 1 aliphatic rings. The van der Waals surface area contributed by atoms with Gasteiger partial charge in [0.2, 0.25) is 0 Å². The van der Waals surface area contributed by atoms with Crippen LogP contribution in [0.5, 0.6) is 5.75 Å². The predicted molar refractivity (Wildman–Crippen MR) is 96.3 cm³/mol. The highest BCUT2D eigenvalue weighted by Gasteiger charge is 2.23. The Kier molecular flexibility index (Phi) is 5.85. The van der Waals surface area contributed by atoms with E-state index in [1.165, 1.54) is 12.1 Å². The van der Waals surface area contributed by atoms with Gasteiger partial charge in [0.25, 0.3) is 5.91 Å². The zero-order chi connectivity index (χ0) is 18.4. The number of carbonyl (C=O) groups is 1. The summed E-state index contributed by atoms with van der Waals surface area (Å²) in [6, 6.07) is 15.1. The normalized spacial score (nSPS) is 14.7. The molecule has 26 heavy (non-hydrogen) atoms. The van der Waals surface area contributed by atoms with Crippen LogP contribution in [0, 0.1) is 23.1 Å². The predicted octanol–water partition coefficient (Wildman–Crippen LogP) is 4.02. The summed E-state index contributed by atoms with van der Waals surface area (Å²) in [5.74, 6) is 0.736. The molecule has 0 atom stereocenters. The molecular weight excluding hydrogens is 331 g/mol. The van der Waals surface area contributed by atoms with Gasteiger partial charge in [-0.15, -0.1) is 0 Å². The molecule has 0 unspecified atom stereocenters. The number of likely N-dealkylation sites (tertiary alicyclic amines) is 1. The summed E-state index contributed by atoms with van der Waals surface area (Å²) in [4.78, 5) is 14.4. The zero-order valence-electron chi connectivity index (χ0n) is 14.5. The summed E-state index contributed by atoms with van der Waals surface area (Å²) in [5, 5.41) is 8.96. The molecule has 0 aromatic heterocycles. The summed E-state index contributed by atoms with van der Waals surface area (Å²) in [6.45, 7) is 1.97. The van der Waals surface area contributed by atoms with E-state index in [9.17, 15) is 9.18 Å². The van der Waals surface area contributed by atoms with Crippen molar-refractivity contribution in [2.24, 2.45) is 5.92 Å². The highest BCUT2D eigenvalue weighted by molar-refractivity contribution is 5.94. The lowest BCUT2D eigenvalue weighted by Gasteiger charge is -2.32. The lowest BCUT2D eigenvalue weighted by molar-refractivity contribution is 0.0680. The first-order valence-electron chi connectivity index (χ1n) is 8.83. The van der Waals surface area contributed by atoms with E-state index in [1.807, 2.05) is 4.90 Å². The average Bonchev–Trinajstić information content (AvgIpc) is 2.68. The van der Waals surface area contributed by atoms with Crippen molar-refractivity contribution >= 4 is 5.91 Å². The minimum atomic E-state index is -0.296. The van der Waals surface area contributed by atoms with Crippen LogP contribution in [0.25, 0.3) is 0 Å². The number of ether oxygens (including phenoxy) is 1. The molecule has 1 amide bonds. The van der Waals surface area contributed by atoms with Gasteiger partial charge in [-0.25, -0.2) is 4.39 Å². The molecule has 0 spiro atoms. The quantitative estimate of drug-likeness (QED) is 0.817. The highest BCUT2D eigenvalue weighted by atomic mass is 19.1. The number of rotatable bonds is 5. The first-order valence-corrected chi connectivity index (χ1v) is 8.83. The van der Waals surface area contributed by atoms with Crippen LogP contribution in [0.2, 0.25) is 0 Å². The Morgan fingerprint density at radius 1 is 1.19 bits per heavy atom. The molecule has 2 aromatic carbocycles. The van der Waals surface area contributed by atoms with Crippen LogP contribution in [0.4, 0.5) is 4.39 Å². The topological polar surface area (TPSA) is 53.3 Å². The molecule has 0 radical (unpaired) electrons. The van der Waals surface area contributed by atoms with Crippen LogP contribution in [0.3, 0.4) is 0 Å². The van der Waals surface area contributed by atoms with Crippen molar-refractivity contribution in [3.05, 3.63) is 65.5 Å². The summed E-state index contributed by atoms with van der Waals surface area (Å²) >= 11 is 0. The number of carbonyl (C=O) groups excluding carboxylic acids is 1. The Morgan fingerprint density at radius 3 is 2.69 bits per heavy atom. The Labute approximate surface area is 152 Å². The van der Waals surface area contributed by atoms with Crippen LogP contribution < -0.4 is 4.74 Å². The maximum atomic E-state index is 13.1. The van der Waals surface area contributed by atoms with E-state index >= 15 is 0 Å². The van der Waals surface area contributed by atoms with E-state index < -0.39 is 0 Å². The number of halogens is 1. The molecule has 1 heterocycles. The summed E-state index contributed by atoms with van der Waals surface area (Å²) in [5.41, 5.74) is 1.07. The van der Waals surface area contributed by atoms with Gasteiger partial charge in [-0.2, -0.15) is 5.26 Å². The number of piperidine rings is 1. The molecule has 134 valence electrons. The molecule has 0 N–H and O–H groups in total. The number of hydrogen-bond acceptors (Lipinski definition) is 3. The van der Waals surface area contributed by atoms with E-state index in [0.29, 0.717) is 42.5 Å². The number of benzene rings is 2. The van der Waals surface area contributed by atoms with E-state index in [4.69, 9.17) is 10.00 Å². The van der Waals surface area contributed by atoms with Gasteiger partial charge in [0, 0.05) is 24.7 Å².